The van der Waals surface area contributed by atoms with E-state index < -0.39 is 18.2 Å². The summed E-state index contributed by atoms with van der Waals surface area (Å²) in [7, 11) is 0. The second kappa shape index (κ2) is 5.16. The lowest BCUT2D eigenvalue weighted by Gasteiger charge is -2.03. The summed E-state index contributed by atoms with van der Waals surface area (Å²) in [6.45, 7) is 2.36. The van der Waals surface area contributed by atoms with Gasteiger partial charge in [0.15, 0.2) is 5.82 Å². The van der Waals surface area contributed by atoms with Crippen molar-refractivity contribution >= 4 is 11.0 Å². The maximum atomic E-state index is 13.4. The quantitative estimate of drug-likeness (QED) is 0.696. The molecule has 2 nitrogen and oxygen atoms in total. The van der Waals surface area contributed by atoms with Crippen LogP contribution in [-0.2, 0) is 0 Å². The normalized spacial score (nSPS) is 10.6. The predicted octanol–water partition coefficient (Wildman–Crippen LogP) is 4.04. The van der Waals surface area contributed by atoms with Gasteiger partial charge < -0.3 is 0 Å². The van der Waals surface area contributed by atoms with Crippen LogP contribution < -0.4 is 0 Å². The third-order valence-electron chi connectivity index (χ3n) is 2.20. The molecule has 0 saturated heterocycles. The first kappa shape index (κ1) is 13.5. The average Bonchev–Trinajstić information content (AvgIpc) is 2.72. The van der Waals surface area contributed by atoms with E-state index in [4.69, 9.17) is 0 Å². The zero-order chi connectivity index (χ0) is 13.2. The number of hydrogen-bond donors (Lipinski definition) is 0. The highest BCUT2D eigenvalue weighted by Crippen LogP contribution is 2.25. The fourth-order valence-electron chi connectivity index (χ4n) is 1.35. The minimum atomic E-state index is -2.86. The summed E-state index contributed by atoms with van der Waals surface area (Å²) in [5, 5.41) is 0. The van der Waals surface area contributed by atoms with E-state index >= 15 is 0 Å². The Morgan fingerprint density at radius 1 is 1.24 bits per heavy atom. The number of halogens is 4. The molecule has 0 spiro atoms. The van der Waals surface area contributed by atoms with Gasteiger partial charge in [0.2, 0.25) is 0 Å². The molecule has 17 heavy (non-hydrogen) atoms. The highest BCUT2D eigenvalue weighted by Gasteiger charge is 2.17. The zero-order valence-electron chi connectivity index (χ0n) is 9.64. The Morgan fingerprint density at radius 2 is 1.82 bits per heavy atom. The number of nitrogens with zero attached hydrogens (tertiary/aromatic N) is 2. The van der Waals surface area contributed by atoms with Crippen LogP contribution in [0.4, 0.5) is 17.6 Å². The standard InChI is InChI=1S/C9H6F4N2.C2H6/c1-4-5(10)2-6-8(7(4)11)14-3-15(6)9(12)13;1-2/h2-3,9H,1H3;1-2H3. The molecule has 2 rings (SSSR count). The largest absolute Gasteiger partial charge is 0.320 e. The maximum absolute atomic E-state index is 13.4. The summed E-state index contributed by atoms with van der Waals surface area (Å²) in [6, 6.07) is 0.854. The van der Waals surface area contributed by atoms with Crippen LogP contribution in [0, 0.1) is 18.6 Å². The molecular formula is C11H12F4N2. The molecule has 1 aromatic carbocycles. The Morgan fingerprint density at radius 3 is 2.35 bits per heavy atom. The number of hydrogen-bond acceptors (Lipinski definition) is 1. The van der Waals surface area contributed by atoms with Crippen molar-refractivity contribution in [1.82, 2.24) is 9.55 Å². The van der Waals surface area contributed by atoms with Crippen LogP contribution in [0.1, 0.15) is 26.0 Å². The number of alkyl halides is 2. The molecule has 0 bridgehead atoms. The van der Waals surface area contributed by atoms with Gasteiger partial charge in [0, 0.05) is 11.6 Å². The van der Waals surface area contributed by atoms with Crippen molar-refractivity contribution in [2.45, 2.75) is 27.3 Å². The fourth-order valence-corrected chi connectivity index (χ4v) is 1.35. The monoisotopic (exact) mass is 248 g/mol. The van der Waals surface area contributed by atoms with Crippen LogP contribution in [0.15, 0.2) is 12.4 Å². The highest BCUT2D eigenvalue weighted by molar-refractivity contribution is 5.77. The number of rotatable bonds is 1. The predicted molar refractivity (Wildman–Crippen MR) is 57.0 cm³/mol. The van der Waals surface area contributed by atoms with Gasteiger partial charge in [-0.3, -0.25) is 4.57 Å². The smallest absolute Gasteiger partial charge is 0.273 e. The first-order chi connectivity index (χ1) is 8.02. The fraction of sp³-hybridized carbons (Fsp3) is 0.364. The molecular weight excluding hydrogens is 236 g/mol. The van der Waals surface area contributed by atoms with Gasteiger partial charge in [-0.15, -0.1) is 0 Å². The molecule has 0 saturated carbocycles. The Kier molecular flexibility index (Phi) is 4.09. The molecule has 0 amide bonds. The molecule has 0 aliphatic rings. The minimum Gasteiger partial charge on any atom is -0.273 e. The third kappa shape index (κ3) is 2.25. The summed E-state index contributed by atoms with van der Waals surface area (Å²) in [4.78, 5) is 3.48. The van der Waals surface area contributed by atoms with Crippen LogP contribution in [0.25, 0.3) is 11.0 Å². The first-order valence-corrected chi connectivity index (χ1v) is 5.11. The van der Waals surface area contributed by atoms with Gasteiger partial charge in [-0.05, 0) is 6.92 Å². The van der Waals surface area contributed by atoms with Crippen molar-refractivity contribution in [3.05, 3.63) is 29.6 Å². The second-order valence-electron chi connectivity index (χ2n) is 3.09. The van der Waals surface area contributed by atoms with Crippen molar-refractivity contribution in [3.63, 3.8) is 0 Å². The Hall–Kier alpha value is -1.59. The van der Waals surface area contributed by atoms with Crippen LogP contribution in [0.3, 0.4) is 0 Å². The molecule has 0 aliphatic heterocycles. The molecule has 0 N–H and O–H groups in total. The van der Waals surface area contributed by atoms with Gasteiger partial charge in [-0.25, -0.2) is 13.8 Å². The molecule has 0 radical (unpaired) electrons. The molecule has 94 valence electrons. The number of benzene rings is 1. The molecule has 2 aromatic rings. The molecule has 0 fully saturated rings. The maximum Gasteiger partial charge on any atom is 0.320 e. The lowest BCUT2D eigenvalue weighted by Crippen LogP contribution is -1.97. The Bertz CT molecular complexity index is 520. The van der Waals surface area contributed by atoms with Gasteiger partial charge in [0.25, 0.3) is 0 Å². The van der Waals surface area contributed by atoms with Gasteiger partial charge in [-0.2, -0.15) is 8.78 Å². The molecule has 0 aliphatic carbocycles. The van der Waals surface area contributed by atoms with Gasteiger partial charge in [-0.1, -0.05) is 13.8 Å². The average molecular weight is 248 g/mol. The summed E-state index contributed by atoms with van der Waals surface area (Å²) >= 11 is 0. The molecule has 1 aromatic heterocycles. The van der Waals surface area contributed by atoms with Crippen LogP contribution in [0.5, 0.6) is 0 Å². The first-order valence-electron chi connectivity index (χ1n) is 5.11. The van der Waals surface area contributed by atoms with E-state index in [0.29, 0.717) is 4.57 Å². The number of imidazole rings is 1. The summed E-state index contributed by atoms with van der Waals surface area (Å²) < 4.78 is 51.6. The molecule has 0 atom stereocenters. The zero-order valence-corrected chi connectivity index (χ0v) is 9.64. The summed E-state index contributed by atoms with van der Waals surface area (Å²) in [5.41, 5.74) is -0.707. The van der Waals surface area contributed by atoms with E-state index in [1.165, 1.54) is 6.92 Å². The molecule has 6 heteroatoms. The topological polar surface area (TPSA) is 17.8 Å². The second-order valence-corrected chi connectivity index (χ2v) is 3.09. The number of fused-ring (bicyclic) bond motifs is 1. The number of aromatic nitrogens is 2. The molecule has 1 heterocycles. The van der Waals surface area contributed by atoms with Crippen molar-refractivity contribution < 1.29 is 17.6 Å². The lowest BCUT2D eigenvalue weighted by molar-refractivity contribution is 0.0745. The highest BCUT2D eigenvalue weighted by atomic mass is 19.3. The van der Waals surface area contributed by atoms with Crippen LogP contribution in [0.2, 0.25) is 0 Å². The SMILES string of the molecule is CC.Cc1c(F)cc2c(ncn2C(F)F)c1F. The van der Waals surface area contributed by atoms with Crippen molar-refractivity contribution in [1.29, 1.82) is 0 Å². The van der Waals surface area contributed by atoms with E-state index in [-0.39, 0.29) is 16.6 Å². The van der Waals surface area contributed by atoms with Crippen molar-refractivity contribution in [2.75, 3.05) is 0 Å². The van der Waals surface area contributed by atoms with Gasteiger partial charge in [0.05, 0.1) is 5.52 Å². The lowest BCUT2D eigenvalue weighted by atomic mass is 10.2. The van der Waals surface area contributed by atoms with Crippen LogP contribution >= 0.6 is 0 Å². The van der Waals surface area contributed by atoms with E-state index in [1.807, 2.05) is 13.8 Å². The Labute approximate surface area is 95.9 Å². The Balaban J connectivity index is 0.000000686. The van der Waals surface area contributed by atoms with Crippen LogP contribution in [-0.4, -0.2) is 9.55 Å². The van der Waals surface area contributed by atoms with E-state index in [0.717, 1.165) is 12.4 Å². The van der Waals surface area contributed by atoms with E-state index in [9.17, 15) is 17.6 Å². The van der Waals surface area contributed by atoms with Gasteiger partial charge in [0.1, 0.15) is 17.7 Å². The molecule has 0 unspecified atom stereocenters. The summed E-state index contributed by atoms with van der Waals surface area (Å²) in [5.74, 6) is -1.76. The summed E-state index contributed by atoms with van der Waals surface area (Å²) in [6.07, 6.45) is 0.789. The third-order valence-corrected chi connectivity index (χ3v) is 2.20. The van der Waals surface area contributed by atoms with Gasteiger partial charge >= 0.3 is 6.55 Å². The van der Waals surface area contributed by atoms with E-state index in [2.05, 4.69) is 4.98 Å². The van der Waals surface area contributed by atoms with Crippen molar-refractivity contribution in [3.8, 4) is 0 Å². The van der Waals surface area contributed by atoms with Crippen molar-refractivity contribution in [2.24, 2.45) is 0 Å². The van der Waals surface area contributed by atoms with E-state index in [1.54, 1.807) is 0 Å². The minimum absolute atomic E-state index is 0.220.